The summed E-state index contributed by atoms with van der Waals surface area (Å²) in [6.45, 7) is 1.46. The molecule has 2 aliphatic carbocycles. The zero-order valence-electron chi connectivity index (χ0n) is 23.4. The van der Waals surface area contributed by atoms with E-state index in [4.69, 9.17) is 4.74 Å². The number of carbonyl (C=O) groups excluding carboxylic acids is 1. The van der Waals surface area contributed by atoms with Gasteiger partial charge in [0.1, 0.15) is 22.9 Å². The molecule has 240 valence electrons. The Labute approximate surface area is 248 Å². The summed E-state index contributed by atoms with van der Waals surface area (Å²) in [7, 11) is -4.58. The maximum Gasteiger partial charge on any atom is 0.435 e. The van der Waals surface area contributed by atoms with Crippen molar-refractivity contribution in [3.63, 3.8) is 0 Å². The van der Waals surface area contributed by atoms with E-state index in [9.17, 15) is 48.3 Å². The van der Waals surface area contributed by atoms with Gasteiger partial charge >= 0.3 is 18.0 Å². The molecule has 2 heterocycles. The molecule has 4 aliphatic rings. The molecule has 3 fully saturated rings. The Balaban J connectivity index is 1.42. The molecule has 1 saturated heterocycles. The third-order valence-corrected chi connectivity index (χ3v) is 12.8. The molecular formula is C30H29F8NO4S. The van der Waals surface area contributed by atoms with Crippen LogP contribution in [-0.4, -0.2) is 50.8 Å². The number of benzene rings is 2. The molecular weight excluding hydrogens is 622 g/mol. The van der Waals surface area contributed by atoms with Crippen molar-refractivity contribution < 1.29 is 53.1 Å². The van der Waals surface area contributed by atoms with E-state index in [1.807, 2.05) is 0 Å². The van der Waals surface area contributed by atoms with Crippen LogP contribution in [0.5, 0.6) is 5.75 Å². The molecule has 44 heavy (non-hydrogen) atoms. The Morgan fingerprint density at radius 1 is 0.955 bits per heavy atom. The van der Waals surface area contributed by atoms with Crippen LogP contribution in [0.3, 0.4) is 0 Å². The summed E-state index contributed by atoms with van der Waals surface area (Å²) in [4.78, 5) is 14.8. The normalized spacial score (nSPS) is 30.2. The van der Waals surface area contributed by atoms with Gasteiger partial charge in [-0.05, 0) is 73.8 Å². The van der Waals surface area contributed by atoms with Crippen molar-refractivity contribution >= 4 is 15.7 Å². The van der Waals surface area contributed by atoms with Gasteiger partial charge in [0.25, 0.3) is 0 Å². The van der Waals surface area contributed by atoms with Crippen molar-refractivity contribution in [3.05, 3.63) is 59.4 Å². The Bertz CT molecular complexity index is 1560. The van der Waals surface area contributed by atoms with Crippen molar-refractivity contribution in [1.82, 2.24) is 4.90 Å². The minimum atomic E-state index is -6.39. The third kappa shape index (κ3) is 4.21. The molecule has 2 unspecified atom stereocenters. The van der Waals surface area contributed by atoms with E-state index in [1.165, 1.54) is 4.90 Å². The highest BCUT2D eigenvalue weighted by Gasteiger charge is 2.74. The smallest absolute Gasteiger partial charge is 0.435 e. The van der Waals surface area contributed by atoms with Crippen LogP contribution in [0.4, 0.5) is 35.1 Å². The second-order valence-electron chi connectivity index (χ2n) is 12.6. The first kappa shape index (κ1) is 31.1. The molecule has 14 heteroatoms. The van der Waals surface area contributed by atoms with Crippen LogP contribution in [-0.2, 0) is 25.0 Å². The number of halogens is 8. The first-order valence-electron chi connectivity index (χ1n) is 14.3. The van der Waals surface area contributed by atoms with Crippen LogP contribution in [0.15, 0.2) is 47.4 Å². The van der Waals surface area contributed by atoms with Crippen molar-refractivity contribution in [2.75, 3.05) is 13.2 Å². The molecule has 1 spiro atoms. The number of rotatable bonds is 5. The van der Waals surface area contributed by atoms with Gasteiger partial charge in [-0.2, -0.15) is 26.3 Å². The Kier molecular flexibility index (Phi) is 6.93. The average molecular weight is 652 g/mol. The molecule has 5 nitrogen and oxygen atoms in total. The van der Waals surface area contributed by atoms with Crippen LogP contribution in [0.1, 0.15) is 56.6 Å². The van der Waals surface area contributed by atoms with Crippen LogP contribution < -0.4 is 4.74 Å². The van der Waals surface area contributed by atoms with E-state index in [0.717, 1.165) is 43.5 Å². The quantitative estimate of drug-likeness (QED) is 0.258. The molecule has 0 bridgehead atoms. The van der Waals surface area contributed by atoms with Gasteiger partial charge in [-0.25, -0.2) is 17.2 Å². The lowest BCUT2D eigenvalue weighted by Crippen LogP contribution is -2.58. The fraction of sp³-hybridized carbons (Fsp3) is 0.567. The number of sulfone groups is 1. The number of likely N-dealkylation sites (tertiary alicyclic amines) is 1. The summed E-state index contributed by atoms with van der Waals surface area (Å²) < 4.78 is 142. The second kappa shape index (κ2) is 9.80. The Morgan fingerprint density at radius 2 is 1.57 bits per heavy atom. The van der Waals surface area contributed by atoms with Crippen molar-refractivity contribution in [1.29, 1.82) is 0 Å². The lowest BCUT2D eigenvalue weighted by molar-refractivity contribution is -0.348. The lowest BCUT2D eigenvalue weighted by atomic mass is 9.47. The molecule has 2 saturated carbocycles. The van der Waals surface area contributed by atoms with E-state index in [2.05, 4.69) is 6.92 Å². The topological polar surface area (TPSA) is 63.7 Å². The predicted molar refractivity (Wildman–Crippen MR) is 140 cm³/mol. The molecule has 2 atom stereocenters. The van der Waals surface area contributed by atoms with Gasteiger partial charge in [0.15, 0.2) is 9.84 Å². The number of alkyl halides is 7. The van der Waals surface area contributed by atoms with E-state index in [1.54, 1.807) is 0 Å². The Morgan fingerprint density at radius 3 is 2.14 bits per heavy atom. The maximum atomic E-state index is 14.9. The first-order valence-corrected chi connectivity index (χ1v) is 15.8. The number of ether oxygens (including phenoxy) is 1. The minimum absolute atomic E-state index is 0.0757. The predicted octanol–water partition coefficient (Wildman–Crippen LogP) is 6.99. The van der Waals surface area contributed by atoms with Crippen molar-refractivity contribution in [2.45, 2.75) is 79.2 Å². The number of nitrogens with zero attached hydrogens (tertiary/aromatic N) is 1. The van der Waals surface area contributed by atoms with E-state index in [-0.39, 0.29) is 52.8 Å². The summed E-state index contributed by atoms with van der Waals surface area (Å²) in [5.74, 6) is -1.45. The molecule has 2 aromatic carbocycles. The first-order chi connectivity index (χ1) is 20.4. The minimum Gasteiger partial charge on any atom is -0.491 e. The maximum absolute atomic E-state index is 14.9. The van der Waals surface area contributed by atoms with Crippen LogP contribution in [0.25, 0.3) is 0 Å². The Hall–Kier alpha value is -2.90. The van der Waals surface area contributed by atoms with Gasteiger partial charge in [-0.3, -0.25) is 4.79 Å². The molecule has 0 aromatic heterocycles. The SMILES string of the molecule is CCC1CC2(C1)CC(C(=O)N1CCC3(S(=O)(=O)c4ccc(F)cc4)c4ccc(C(F)(C(F)(F)F)C(F)(F)F)cc4OCC13)C2. The second-order valence-corrected chi connectivity index (χ2v) is 14.8. The highest BCUT2D eigenvalue weighted by Crippen LogP contribution is 2.63. The van der Waals surface area contributed by atoms with Gasteiger partial charge in [0, 0.05) is 23.6 Å². The molecule has 1 amide bonds. The van der Waals surface area contributed by atoms with Gasteiger partial charge < -0.3 is 9.64 Å². The van der Waals surface area contributed by atoms with Gasteiger partial charge in [0.05, 0.1) is 10.9 Å². The highest BCUT2D eigenvalue weighted by atomic mass is 32.2. The number of carbonyl (C=O) groups is 1. The molecule has 2 aromatic rings. The van der Waals surface area contributed by atoms with E-state index in [0.29, 0.717) is 24.8 Å². The zero-order valence-corrected chi connectivity index (χ0v) is 24.3. The number of amides is 1. The fourth-order valence-corrected chi connectivity index (χ4v) is 10.3. The largest absolute Gasteiger partial charge is 0.491 e. The monoisotopic (exact) mass is 651 g/mol. The van der Waals surface area contributed by atoms with Gasteiger partial charge in [-0.1, -0.05) is 25.5 Å². The van der Waals surface area contributed by atoms with Gasteiger partial charge in [-0.15, -0.1) is 0 Å². The highest BCUT2D eigenvalue weighted by molar-refractivity contribution is 7.92. The number of fused-ring (bicyclic) bond motifs is 3. The third-order valence-electron chi connectivity index (χ3n) is 10.3. The number of hydrogen-bond donors (Lipinski definition) is 0. The molecule has 0 N–H and O–H groups in total. The standard InChI is InChI=1S/C30H29F8NO4S/c1-2-17-12-26(13-17)14-18(15-26)25(40)39-10-9-27(44(41,42)21-6-4-20(31)5-7-21)22-8-3-19(11-23(22)43-16-24(27)39)28(32,29(33,34)35)30(36,37)38/h3-8,11,17-18,24H,2,9-10,12-16H2,1H3. The van der Waals surface area contributed by atoms with Crippen LogP contribution in [0, 0.1) is 23.1 Å². The summed E-state index contributed by atoms with van der Waals surface area (Å²) in [6, 6.07) is 3.81. The summed E-state index contributed by atoms with van der Waals surface area (Å²) in [5, 5.41) is 0. The van der Waals surface area contributed by atoms with Gasteiger partial charge in [0.2, 0.25) is 5.91 Å². The summed E-state index contributed by atoms with van der Waals surface area (Å²) >= 11 is 0. The van der Waals surface area contributed by atoms with Crippen LogP contribution >= 0.6 is 0 Å². The van der Waals surface area contributed by atoms with Crippen LogP contribution in [0.2, 0.25) is 0 Å². The zero-order chi connectivity index (χ0) is 32.1. The molecule has 6 rings (SSSR count). The van der Waals surface area contributed by atoms with Crippen molar-refractivity contribution in [3.8, 4) is 5.75 Å². The average Bonchev–Trinajstić information content (AvgIpc) is 3.31. The number of hydrogen-bond acceptors (Lipinski definition) is 4. The van der Waals surface area contributed by atoms with E-state index < -0.39 is 62.4 Å². The molecule has 0 radical (unpaired) electrons. The summed E-state index contributed by atoms with van der Waals surface area (Å²) in [5.41, 5.74) is -7.77. The fourth-order valence-electron chi connectivity index (χ4n) is 7.99. The summed E-state index contributed by atoms with van der Waals surface area (Å²) in [6.07, 6.45) is -8.64. The molecule has 2 aliphatic heterocycles. The van der Waals surface area contributed by atoms with Crippen molar-refractivity contribution in [2.24, 2.45) is 17.3 Å². The van der Waals surface area contributed by atoms with E-state index >= 15 is 0 Å². The lowest BCUT2D eigenvalue weighted by Gasteiger charge is -2.58.